The second kappa shape index (κ2) is 7.99. The Morgan fingerprint density at radius 3 is 2.15 bits per heavy atom. The molecule has 0 aromatic heterocycles. The molecule has 0 aliphatic heterocycles. The maximum atomic E-state index is 13.0. The third kappa shape index (κ3) is 4.81. The van der Waals surface area contributed by atoms with Crippen molar-refractivity contribution in [1.82, 2.24) is 0 Å². The van der Waals surface area contributed by atoms with Gasteiger partial charge in [0, 0.05) is 5.69 Å². The summed E-state index contributed by atoms with van der Waals surface area (Å²) >= 11 is 0. The van der Waals surface area contributed by atoms with Crippen molar-refractivity contribution in [3.05, 3.63) is 54.3 Å². The van der Waals surface area contributed by atoms with Crippen LogP contribution in [0.2, 0.25) is 0 Å². The second-order valence-electron chi connectivity index (χ2n) is 6.70. The molecule has 5 nitrogen and oxygen atoms in total. The van der Waals surface area contributed by atoms with E-state index in [0.29, 0.717) is 17.1 Å². The molecular weight excluding hydrogens is 335 g/mol. The quantitative estimate of drug-likeness (QED) is 0.760. The number of nitrogens with one attached hydrogen (secondary N) is 2. The number of rotatable bonds is 6. The van der Waals surface area contributed by atoms with Crippen molar-refractivity contribution < 1.29 is 18.7 Å². The van der Waals surface area contributed by atoms with Gasteiger partial charge in [-0.2, -0.15) is 0 Å². The van der Waals surface area contributed by atoms with Crippen molar-refractivity contribution in [2.75, 3.05) is 10.6 Å². The molecule has 0 atom stereocenters. The topological polar surface area (TPSA) is 67.4 Å². The van der Waals surface area contributed by atoms with Crippen molar-refractivity contribution >= 4 is 23.2 Å². The van der Waals surface area contributed by atoms with Crippen LogP contribution >= 0.6 is 0 Å². The zero-order valence-corrected chi connectivity index (χ0v) is 15.3. The fourth-order valence-electron chi connectivity index (χ4n) is 2.13. The van der Waals surface area contributed by atoms with Gasteiger partial charge in [-0.1, -0.05) is 12.1 Å². The number of halogens is 1. The smallest absolute Gasteiger partial charge is 0.239 e. The molecule has 2 aromatic rings. The lowest BCUT2D eigenvalue weighted by molar-refractivity contribution is -0.135. The summed E-state index contributed by atoms with van der Waals surface area (Å²) in [4.78, 5) is 25.2. The van der Waals surface area contributed by atoms with Crippen molar-refractivity contribution in [1.29, 1.82) is 0 Å². The summed E-state index contributed by atoms with van der Waals surface area (Å²) in [5.74, 6) is -0.840. The number of amides is 2. The van der Waals surface area contributed by atoms with E-state index >= 15 is 0 Å². The zero-order valence-electron chi connectivity index (χ0n) is 15.3. The molecule has 0 aliphatic carbocycles. The number of hydrogen-bond donors (Lipinski definition) is 2. The van der Waals surface area contributed by atoms with Gasteiger partial charge in [-0.3, -0.25) is 9.59 Å². The van der Waals surface area contributed by atoms with Crippen LogP contribution in [-0.2, 0) is 9.59 Å². The Balaban J connectivity index is 2.12. The summed E-state index contributed by atoms with van der Waals surface area (Å²) < 4.78 is 18.6. The van der Waals surface area contributed by atoms with E-state index in [-0.39, 0.29) is 6.10 Å². The van der Waals surface area contributed by atoms with Crippen LogP contribution in [-0.4, -0.2) is 17.9 Å². The van der Waals surface area contributed by atoms with Crippen LogP contribution in [0.5, 0.6) is 5.75 Å². The molecule has 0 saturated heterocycles. The van der Waals surface area contributed by atoms with Gasteiger partial charge >= 0.3 is 0 Å². The highest BCUT2D eigenvalue weighted by atomic mass is 19.1. The number of benzene rings is 2. The van der Waals surface area contributed by atoms with Gasteiger partial charge in [-0.25, -0.2) is 4.39 Å². The fraction of sp³-hybridized carbons (Fsp3) is 0.300. The first-order valence-corrected chi connectivity index (χ1v) is 8.34. The molecular formula is C20H23FN2O3. The standard InChI is InChI=1S/C20H23FN2O3/c1-13(2)26-17-8-6-5-7-16(17)23-19(25)20(3,4)18(24)22-15-11-9-14(21)10-12-15/h5-13H,1-4H3,(H,22,24)(H,23,25). The number of carbonyl (C=O) groups is 2. The van der Waals surface area contributed by atoms with Crippen LogP contribution in [0.15, 0.2) is 48.5 Å². The number of hydrogen-bond acceptors (Lipinski definition) is 3. The number of anilines is 2. The van der Waals surface area contributed by atoms with E-state index in [4.69, 9.17) is 4.74 Å². The molecule has 2 rings (SSSR count). The third-order valence-corrected chi connectivity index (χ3v) is 3.74. The summed E-state index contributed by atoms with van der Waals surface area (Å²) in [5, 5.41) is 5.37. The number of carbonyl (C=O) groups excluding carboxylic acids is 2. The second-order valence-corrected chi connectivity index (χ2v) is 6.70. The maximum absolute atomic E-state index is 13.0. The predicted octanol–water partition coefficient (Wildman–Crippen LogP) is 4.22. The van der Waals surface area contributed by atoms with Crippen molar-refractivity contribution in [3.63, 3.8) is 0 Å². The largest absolute Gasteiger partial charge is 0.489 e. The molecule has 0 spiro atoms. The Kier molecular flexibility index (Phi) is 5.97. The van der Waals surface area contributed by atoms with Gasteiger partial charge in [0.1, 0.15) is 17.0 Å². The van der Waals surface area contributed by atoms with Crippen LogP contribution in [0, 0.1) is 11.2 Å². The van der Waals surface area contributed by atoms with Gasteiger partial charge in [0.05, 0.1) is 11.8 Å². The van der Waals surface area contributed by atoms with E-state index in [0.717, 1.165) is 0 Å². The zero-order chi connectivity index (χ0) is 19.3. The Bertz CT molecular complexity index is 786. The highest BCUT2D eigenvalue weighted by molar-refractivity contribution is 6.14. The van der Waals surface area contributed by atoms with E-state index in [2.05, 4.69) is 10.6 Å². The normalized spacial score (nSPS) is 11.2. The summed E-state index contributed by atoms with van der Waals surface area (Å²) in [6.07, 6.45) is -0.0529. The molecule has 2 aromatic carbocycles. The predicted molar refractivity (Wildman–Crippen MR) is 99.6 cm³/mol. The maximum Gasteiger partial charge on any atom is 0.239 e. The average Bonchev–Trinajstić information content (AvgIpc) is 2.58. The fourth-order valence-corrected chi connectivity index (χ4v) is 2.13. The average molecular weight is 358 g/mol. The van der Waals surface area contributed by atoms with Crippen LogP contribution < -0.4 is 15.4 Å². The molecule has 26 heavy (non-hydrogen) atoms. The summed E-state index contributed by atoms with van der Waals surface area (Å²) in [6, 6.07) is 12.4. The van der Waals surface area contributed by atoms with E-state index in [1.54, 1.807) is 24.3 Å². The van der Waals surface area contributed by atoms with Crippen molar-refractivity contribution in [3.8, 4) is 5.75 Å². The van der Waals surface area contributed by atoms with Gasteiger partial charge in [0.2, 0.25) is 11.8 Å². The molecule has 0 bridgehead atoms. The van der Waals surface area contributed by atoms with Crippen molar-refractivity contribution in [2.24, 2.45) is 5.41 Å². The van der Waals surface area contributed by atoms with Gasteiger partial charge in [-0.15, -0.1) is 0 Å². The molecule has 0 radical (unpaired) electrons. The lowest BCUT2D eigenvalue weighted by Gasteiger charge is -2.24. The van der Waals surface area contributed by atoms with Gasteiger partial charge < -0.3 is 15.4 Å². The first-order chi connectivity index (χ1) is 12.2. The highest BCUT2D eigenvalue weighted by Crippen LogP contribution is 2.28. The SMILES string of the molecule is CC(C)Oc1ccccc1NC(=O)C(C)(C)C(=O)Nc1ccc(F)cc1. The Labute approximate surface area is 152 Å². The molecule has 0 saturated carbocycles. The molecule has 0 aliphatic rings. The van der Waals surface area contributed by atoms with Crippen LogP contribution in [0.4, 0.5) is 15.8 Å². The molecule has 0 heterocycles. The molecule has 0 fully saturated rings. The van der Waals surface area contributed by atoms with Gasteiger partial charge in [0.15, 0.2) is 0 Å². The summed E-state index contributed by atoms with van der Waals surface area (Å²) in [7, 11) is 0. The first-order valence-electron chi connectivity index (χ1n) is 8.34. The lowest BCUT2D eigenvalue weighted by Crippen LogP contribution is -2.41. The van der Waals surface area contributed by atoms with E-state index < -0.39 is 23.0 Å². The minimum absolute atomic E-state index is 0.0529. The highest BCUT2D eigenvalue weighted by Gasteiger charge is 2.36. The van der Waals surface area contributed by atoms with E-state index in [9.17, 15) is 14.0 Å². The Morgan fingerprint density at radius 1 is 0.962 bits per heavy atom. The van der Waals surface area contributed by atoms with Crippen molar-refractivity contribution in [2.45, 2.75) is 33.8 Å². The Hall–Kier alpha value is -2.89. The molecule has 0 unspecified atom stereocenters. The summed E-state index contributed by atoms with van der Waals surface area (Å²) in [6.45, 7) is 6.82. The third-order valence-electron chi connectivity index (χ3n) is 3.74. The monoisotopic (exact) mass is 358 g/mol. The van der Waals surface area contributed by atoms with Gasteiger partial charge in [0.25, 0.3) is 0 Å². The lowest BCUT2D eigenvalue weighted by atomic mass is 9.90. The van der Waals surface area contributed by atoms with Crippen LogP contribution in [0.1, 0.15) is 27.7 Å². The minimum Gasteiger partial charge on any atom is -0.489 e. The van der Waals surface area contributed by atoms with E-state index in [1.807, 2.05) is 13.8 Å². The Morgan fingerprint density at radius 2 is 1.54 bits per heavy atom. The molecule has 2 amide bonds. The molecule has 138 valence electrons. The van der Waals surface area contributed by atoms with E-state index in [1.165, 1.54) is 38.1 Å². The van der Waals surface area contributed by atoms with Crippen LogP contribution in [0.3, 0.4) is 0 Å². The van der Waals surface area contributed by atoms with Gasteiger partial charge in [-0.05, 0) is 64.1 Å². The van der Waals surface area contributed by atoms with Crippen LogP contribution in [0.25, 0.3) is 0 Å². The minimum atomic E-state index is -1.35. The number of para-hydroxylation sites is 2. The molecule has 2 N–H and O–H groups in total. The molecule has 6 heteroatoms. The summed E-state index contributed by atoms with van der Waals surface area (Å²) in [5.41, 5.74) is -0.436. The first kappa shape index (κ1) is 19.4. The number of ether oxygens (including phenoxy) is 1.